The van der Waals surface area contributed by atoms with E-state index in [9.17, 15) is 4.79 Å². The van der Waals surface area contributed by atoms with Gasteiger partial charge in [-0.15, -0.1) is 5.10 Å². The average molecular weight is 175 g/mol. The smallest absolute Gasteiger partial charge is 0.242 e. The third-order valence-electron chi connectivity index (χ3n) is 1.14. The van der Waals surface area contributed by atoms with Gasteiger partial charge in [-0.3, -0.25) is 4.79 Å². The normalized spacial score (nSPS) is 10.0. The van der Waals surface area contributed by atoms with Crippen LogP contribution in [0, 0.1) is 6.92 Å². The molecule has 1 aromatic rings. The van der Waals surface area contributed by atoms with Gasteiger partial charge in [0.25, 0.3) is 0 Å². The van der Waals surface area contributed by atoms with Crippen LogP contribution in [0.2, 0.25) is 5.28 Å². The minimum atomic E-state index is -0.463. The molecule has 0 atom stereocenters. The molecule has 0 spiro atoms. The number of nitrogens with two attached hydrogens (primary N) is 1. The fraction of sp³-hybridized carbons (Fsp3) is 0.400. The molecule has 5 nitrogen and oxygen atoms in total. The van der Waals surface area contributed by atoms with Gasteiger partial charge in [0.1, 0.15) is 12.4 Å². The summed E-state index contributed by atoms with van der Waals surface area (Å²) in [7, 11) is 0. The van der Waals surface area contributed by atoms with Gasteiger partial charge in [0, 0.05) is 0 Å². The van der Waals surface area contributed by atoms with Crippen LogP contribution in [0.3, 0.4) is 0 Å². The van der Waals surface area contributed by atoms with Crippen molar-refractivity contribution in [2.75, 3.05) is 0 Å². The summed E-state index contributed by atoms with van der Waals surface area (Å²) in [6.07, 6.45) is 0. The molecular weight excluding hydrogens is 168 g/mol. The monoisotopic (exact) mass is 174 g/mol. The summed E-state index contributed by atoms with van der Waals surface area (Å²) in [5.74, 6) is 0.114. The zero-order valence-electron chi connectivity index (χ0n) is 5.91. The van der Waals surface area contributed by atoms with Crippen LogP contribution in [0.4, 0.5) is 0 Å². The number of aromatic nitrogens is 3. The van der Waals surface area contributed by atoms with E-state index < -0.39 is 5.91 Å². The van der Waals surface area contributed by atoms with E-state index in [1.807, 2.05) is 0 Å². The topological polar surface area (TPSA) is 73.8 Å². The summed E-state index contributed by atoms with van der Waals surface area (Å²) < 4.78 is 1.35. The maximum atomic E-state index is 10.4. The second-order valence-corrected chi connectivity index (χ2v) is 2.39. The lowest BCUT2D eigenvalue weighted by Gasteiger charge is -1.95. The number of aryl methyl sites for hydroxylation is 1. The number of amides is 1. The van der Waals surface area contributed by atoms with Gasteiger partial charge in [0.2, 0.25) is 11.2 Å². The lowest BCUT2D eigenvalue weighted by atomic mass is 10.6. The molecule has 0 bridgehead atoms. The number of hydrogen-bond donors (Lipinski definition) is 1. The molecule has 0 aromatic carbocycles. The number of primary amides is 1. The molecule has 6 heteroatoms. The molecule has 2 N–H and O–H groups in total. The lowest BCUT2D eigenvalue weighted by Crippen LogP contribution is -2.20. The van der Waals surface area contributed by atoms with E-state index >= 15 is 0 Å². The first kappa shape index (κ1) is 8.00. The first-order chi connectivity index (χ1) is 5.09. The first-order valence-electron chi connectivity index (χ1n) is 2.95. The Morgan fingerprint density at radius 2 is 2.45 bits per heavy atom. The van der Waals surface area contributed by atoms with Crippen molar-refractivity contribution < 1.29 is 4.79 Å². The standard InChI is InChI=1S/C5H7ClN4O/c1-3-8-5(6)9-10(3)2-4(7)11/h2H2,1H3,(H2,7,11). The Balaban J connectivity index is 2.85. The molecule has 0 aliphatic carbocycles. The zero-order valence-corrected chi connectivity index (χ0v) is 6.67. The Hall–Kier alpha value is -1.10. The maximum absolute atomic E-state index is 10.4. The van der Waals surface area contributed by atoms with Gasteiger partial charge in [0.05, 0.1) is 0 Å². The highest BCUT2D eigenvalue weighted by Gasteiger charge is 2.04. The van der Waals surface area contributed by atoms with E-state index in [1.54, 1.807) is 6.92 Å². The molecule has 1 amide bonds. The van der Waals surface area contributed by atoms with Crippen LogP contribution in [0.15, 0.2) is 0 Å². The quantitative estimate of drug-likeness (QED) is 0.671. The van der Waals surface area contributed by atoms with Crippen molar-refractivity contribution in [2.45, 2.75) is 13.5 Å². The lowest BCUT2D eigenvalue weighted by molar-refractivity contribution is -0.118. The second kappa shape index (κ2) is 2.87. The molecule has 0 saturated heterocycles. The number of carbonyl (C=O) groups excluding carboxylic acids is 1. The first-order valence-corrected chi connectivity index (χ1v) is 3.32. The third-order valence-corrected chi connectivity index (χ3v) is 1.30. The van der Waals surface area contributed by atoms with Crippen LogP contribution in [0.25, 0.3) is 0 Å². The number of rotatable bonds is 2. The number of nitrogens with zero attached hydrogens (tertiary/aromatic N) is 3. The largest absolute Gasteiger partial charge is 0.368 e. The SMILES string of the molecule is Cc1nc(Cl)nn1CC(N)=O. The summed E-state index contributed by atoms with van der Waals surface area (Å²) in [6, 6.07) is 0. The molecule has 0 saturated carbocycles. The molecule has 11 heavy (non-hydrogen) atoms. The van der Waals surface area contributed by atoms with Gasteiger partial charge in [-0.05, 0) is 18.5 Å². The van der Waals surface area contributed by atoms with Gasteiger partial charge < -0.3 is 5.73 Å². The summed E-state index contributed by atoms with van der Waals surface area (Å²) >= 11 is 5.45. The predicted octanol–water partition coefficient (Wildman–Crippen LogP) is -0.275. The van der Waals surface area contributed by atoms with Crippen LogP contribution >= 0.6 is 11.6 Å². The second-order valence-electron chi connectivity index (χ2n) is 2.05. The van der Waals surface area contributed by atoms with Crippen molar-refractivity contribution in [1.29, 1.82) is 0 Å². The Labute approximate surface area is 68.2 Å². The summed E-state index contributed by atoms with van der Waals surface area (Å²) in [4.78, 5) is 14.2. The Bertz CT molecular complexity index is 282. The number of carbonyl (C=O) groups is 1. The molecular formula is C5H7ClN4O. The Morgan fingerprint density at radius 1 is 1.82 bits per heavy atom. The molecule has 1 rings (SSSR count). The van der Waals surface area contributed by atoms with Crippen molar-refractivity contribution in [1.82, 2.24) is 14.8 Å². The van der Waals surface area contributed by atoms with Crippen molar-refractivity contribution >= 4 is 17.5 Å². The predicted molar refractivity (Wildman–Crippen MR) is 39.0 cm³/mol. The average Bonchev–Trinajstić information content (AvgIpc) is 2.09. The molecule has 0 radical (unpaired) electrons. The zero-order chi connectivity index (χ0) is 8.43. The minimum Gasteiger partial charge on any atom is -0.368 e. The van der Waals surface area contributed by atoms with Gasteiger partial charge in [0.15, 0.2) is 0 Å². The van der Waals surface area contributed by atoms with E-state index in [2.05, 4.69) is 10.1 Å². The van der Waals surface area contributed by atoms with Crippen molar-refractivity contribution in [3.05, 3.63) is 11.1 Å². The highest BCUT2D eigenvalue weighted by molar-refractivity contribution is 6.28. The van der Waals surface area contributed by atoms with E-state index in [4.69, 9.17) is 17.3 Å². The highest BCUT2D eigenvalue weighted by Crippen LogP contribution is 2.01. The minimum absolute atomic E-state index is 0.0194. The third kappa shape index (κ3) is 1.91. The number of halogens is 1. The highest BCUT2D eigenvalue weighted by atomic mass is 35.5. The molecule has 60 valence electrons. The van der Waals surface area contributed by atoms with Crippen LogP contribution in [-0.4, -0.2) is 20.7 Å². The number of hydrogen-bond acceptors (Lipinski definition) is 3. The Kier molecular flexibility index (Phi) is 2.09. The van der Waals surface area contributed by atoms with Crippen molar-refractivity contribution in [3.63, 3.8) is 0 Å². The van der Waals surface area contributed by atoms with Crippen LogP contribution in [0.1, 0.15) is 5.82 Å². The molecule has 0 unspecified atom stereocenters. The summed E-state index contributed by atoms with van der Waals surface area (Å²) in [6.45, 7) is 1.72. The Morgan fingerprint density at radius 3 is 2.82 bits per heavy atom. The van der Waals surface area contributed by atoms with Gasteiger partial charge in [-0.1, -0.05) is 0 Å². The molecule has 0 fully saturated rings. The van der Waals surface area contributed by atoms with Gasteiger partial charge in [-0.2, -0.15) is 0 Å². The molecule has 1 aromatic heterocycles. The van der Waals surface area contributed by atoms with E-state index in [1.165, 1.54) is 4.68 Å². The van der Waals surface area contributed by atoms with Crippen LogP contribution in [0.5, 0.6) is 0 Å². The summed E-state index contributed by atoms with van der Waals surface area (Å²) in [5.41, 5.74) is 4.93. The summed E-state index contributed by atoms with van der Waals surface area (Å²) in [5, 5.41) is 3.85. The van der Waals surface area contributed by atoms with Crippen molar-refractivity contribution in [3.8, 4) is 0 Å². The van der Waals surface area contributed by atoms with Crippen LogP contribution in [-0.2, 0) is 11.3 Å². The molecule has 1 heterocycles. The van der Waals surface area contributed by atoms with Crippen LogP contribution < -0.4 is 5.73 Å². The van der Waals surface area contributed by atoms with E-state index in [0.717, 1.165) is 0 Å². The van der Waals surface area contributed by atoms with Gasteiger partial charge in [-0.25, -0.2) is 9.67 Å². The fourth-order valence-electron chi connectivity index (χ4n) is 0.683. The van der Waals surface area contributed by atoms with E-state index in [0.29, 0.717) is 5.82 Å². The van der Waals surface area contributed by atoms with E-state index in [-0.39, 0.29) is 11.8 Å². The molecule has 0 aliphatic heterocycles. The van der Waals surface area contributed by atoms with Gasteiger partial charge >= 0.3 is 0 Å². The fourth-order valence-corrected chi connectivity index (χ4v) is 0.897. The molecule has 0 aliphatic rings. The maximum Gasteiger partial charge on any atom is 0.242 e. The van der Waals surface area contributed by atoms with Crippen molar-refractivity contribution in [2.24, 2.45) is 5.73 Å².